The molecule has 0 saturated heterocycles. The number of carbonyl (C=O) groups excluding carboxylic acids is 2. The third-order valence-corrected chi connectivity index (χ3v) is 3.48. The second-order valence-corrected chi connectivity index (χ2v) is 5.61. The number of rotatable bonds is 6. The summed E-state index contributed by atoms with van der Waals surface area (Å²) in [6, 6.07) is 2.56. The van der Waals surface area contributed by atoms with Gasteiger partial charge in [0.25, 0.3) is 0 Å². The van der Waals surface area contributed by atoms with Gasteiger partial charge < -0.3 is 14.2 Å². The van der Waals surface area contributed by atoms with Crippen molar-refractivity contribution in [1.29, 1.82) is 0 Å². The van der Waals surface area contributed by atoms with Crippen LogP contribution in [0.25, 0.3) is 6.08 Å². The minimum absolute atomic E-state index is 0.0647. The van der Waals surface area contributed by atoms with E-state index >= 15 is 0 Å². The van der Waals surface area contributed by atoms with Gasteiger partial charge in [0.15, 0.2) is 5.75 Å². The van der Waals surface area contributed by atoms with Crippen molar-refractivity contribution in [3.63, 3.8) is 0 Å². The molecule has 0 aliphatic carbocycles. The van der Waals surface area contributed by atoms with E-state index < -0.39 is 35.0 Å². The van der Waals surface area contributed by atoms with E-state index in [9.17, 15) is 22.8 Å². The molecule has 154 valence electrons. The van der Waals surface area contributed by atoms with Crippen LogP contribution < -0.4 is 4.74 Å². The minimum atomic E-state index is -4.82. The highest BCUT2D eigenvalue weighted by atomic mass is 19.4. The zero-order valence-corrected chi connectivity index (χ0v) is 15.7. The number of ether oxygens (including phenoxy) is 3. The molecule has 0 bridgehead atoms. The maximum absolute atomic E-state index is 13.7. The van der Waals surface area contributed by atoms with E-state index in [0.717, 1.165) is 30.6 Å². The molecule has 0 saturated carbocycles. The first-order valence-electron chi connectivity index (χ1n) is 8.30. The number of pyridine rings is 2. The van der Waals surface area contributed by atoms with Crippen molar-refractivity contribution in [2.75, 3.05) is 13.7 Å². The Balaban J connectivity index is 2.48. The molecule has 0 aromatic carbocycles. The molecule has 0 unspecified atom stereocenters. The van der Waals surface area contributed by atoms with Crippen molar-refractivity contribution >= 4 is 18.0 Å². The number of alkyl halides is 3. The predicted octanol–water partition coefficient (Wildman–Crippen LogP) is 3.96. The minimum Gasteiger partial charge on any atom is -0.465 e. The average molecular weight is 410 g/mol. The third kappa shape index (κ3) is 5.77. The Morgan fingerprint density at radius 2 is 1.93 bits per heavy atom. The van der Waals surface area contributed by atoms with E-state index in [1.807, 2.05) is 0 Å². The van der Waals surface area contributed by atoms with Crippen LogP contribution in [0.15, 0.2) is 30.6 Å². The van der Waals surface area contributed by atoms with Gasteiger partial charge in [0, 0.05) is 29.6 Å². The van der Waals surface area contributed by atoms with Crippen molar-refractivity contribution in [3.05, 3.63) is 53.0 Å². The first-order chi connectivity index (χ1) is 13.7. The number of carbonyl (C=O) groups is 2. The molecular weight excluding hydrogens is 393 g/mol. The largest absolute Gasteiger partial charge is 0.465 e. The van der Waals surface area contributed by atoms with Crippen molar-refractivity contribution in [2.45, 2.75) is 20.0 Å². The first kappa shape index (κ1) is 21.9. The number of hydrogen-bond acceptors (Lipinski definition) is 7. The van der Waals surface area contributed by atoms with E-state index in [0.29, 0.717) is 5.69 Å². The lowest BCUT2D eigenvalue weighted by Gasteiger charge is -2.15. The summed E-state index contributed by atoms with van der Waals surface area (Å²) in [4.78, 5) is 30.8. The SMILES string of the molecule is CCOC(=O)/C=C/c1cncc(Oc2cc(C(=O)OC)cc(C)n2)c1C(F)(F)F. The van der Waals surface area contributed by atoms with Crippen LogP contribution in [0, 0.1) is 6.92 Å². The van der Waals surface area contributed by atoms with E-state index in [1.54, 1.807) is 13.8 Å². The lowest BCUT2D eigenvalue weighted by Crippen LogP contribution is -2.11. The number of aromatic nitrogens is 2. The molecule has 2 aromatic rings. The fraction of sp³-hybridized carbons (Fsp3) is 0.263. The number of methoxy groups -OCH3 is 1. The highest BCUT2D eigenvalue weighted by molar-refractivity contribution is 5.89. The Bertz CT molecular complexity index is 942. The topological polar surface area (TPSA) is 87.6 Å². The van der Waals surface area contributed by atoms with Crippen LogP contribution in [0.4, 0.5) is 13.2 Å². The molecule has 29 heavy (non-hydrogen) atoms. The first-order valence-corrected chi connectivity index (χ1v) is 8.30. The average Bonchev–Trinajstić information content (AvgIpc) is 2.64. The van der Waals surface area contributed by atoms with Crippen molar-refractivity contribution < 1.29 is 37.0 Å². The molecule has 0 aliphatic heterocycles. The van der Waals surface area contributed by atoms with Gasteiger partial charge in [-0.2, -0.15) is 13.2 Å². The quantitative estimate of drug-likeness (QED) is 0.526. The predicted molar refractivity (Wildman–Crippen MR) is 95.3 cm³/mol. The molecule has 2 rings (SSSR count). The molecule has 0 atom stereocenters. The molecule has 7 nitrogen and oxygen atoms in total. The van der Waals surface area contributed by atoms with Gasteiger partial charge in [0.2, 0.25) is 5.88 Å². The number of halogens is 3. The van der Waals surface area contributed by atoms with E-state index in [2.05, 4.69) is 19.4 Å². The van der Waals surface area contributed by atoms with Crippen LogP contribution >= 0.6 is 0 Å². The highest BCUT2D eigenvalue weighted by Crippen LogP contribution is 2.40. The molecule has 0 fully saturated rings. The summed E-state index contributed by atoms with van der Waals surface area (Å²) in [5.74, 6) is -2.38. The smallest absolute Gasteiger partial charge is 0.420 e. The van der Waals surface area contributed by atoms with Crippen molar-refractivity contribution in [2.24, 2.45) is 0 Å². The lowest BCUT2D eigenvalue weighted by molar-refractivity contribution is -0.139. The zero-order chi connectivity index (χ0) is 21.6. The molecule has 0 aliphatic rings. The van der Waals surface area contributed by atoms with Gasteiger partial charge in [-0.25, -0.2) is 14.6 Å². The number of esters is 2. The normalized spacial score (nSPS) is 11.4. The standard InChI is InChI=1S/C19H17F3N2O5/c1-4-28-16(25)6-5-12-9-23-10-14(17(12)19(20,21)22)29-15-8-13(18(26)27-3)7-11(2)24-15/h5-10H,4H2,1-3H3/b6-5+. The van der Waals surface area contributed by atoms with Gasteiger partial charge in [0.05, 0.1) is 25.5 Å². The monoisotopic (exact) mass is 410 g/mol. The second-order valence-electron chi connectivity index (χ2n) is 5.61. The van der Waals surface area contributed by atoms with Crippen LogP contribution in [-0.4, -0.2) is 35.6 Å². The van der Waals surface area contributed by atoms with Crippen LogP contribution in [0.3, 0.4) is 0 Å². The molecule has 0 N–H and O–H groups in total. The number of aryl methyl sites for hydroxylation is 1. The van der Waals surface area contributed by atoms with Gasteiger partial charge in [0.1, 0.15) is 5.56 Å². The van der Waals surface area contributed by atoms with Crippen LogP contribution in [0.5, 0.6) is 11.6 Å². The summed E-state index contributed by atoms with van der Waals surface area (Å²) in [5.41, 5.74) is -1.16. The summed E-state index contributed by atoms with van der Waals surface area (Å²) < 4.78 is 55.6. The Kier molecular flexibility index (Phi) is 6.92. The Labute approximate surface area is 164 Å². The summed E-state index contributed by atoms with van der Waals surface area (Å²) in [5, 5.41) is 0. The van der Waals surface area contributed by atoms with E-state index in [4.69, 9.17) is 4.74 Å². The van der Waals surface area contributed by atoms with Gasteiger partial charge in [-0.1, -0.05) is 0 Å². The van der Waals surface area contributed by atoms with Crippen LogP contribution in [-0.2, 0) is 20.4 Å². The van der Waals surface area contributed by atoms with Crippen LogP contribution in [0.2, 0.25) is 0 Å². The highest BCUT2D eigenvalue weighted by Gasteiger charge is 2.37. The summed E-state index contributed by atoms with van der Waals surface area (Å²) in [6.07, 6.45) is -1.22. The fourth-order valence-corrected chi connectivity index (χ4v) is 2.35. The zero-order valence-electron chi connectivity index (χ0n) is 15.7. The Morgan fingerprint density at radius 1 is 1.21 bits per heavy atom. The third-order valence-electron chi connectivity index (χ3n) is 3.48. The van der Waals surface area contributed by atoms with Gasteiger partial charge >= 0.3 is 18.1 Å². The summed E-state index contributed by atoms with van der Waals surface area (Å²) in [6.45, 7) is 3.19. The van der Waals surface area contributed by atoms with Crippen molar-refractivity contribution in [1.82, 2.24) is 9.97 Å². The van der Waals surface area contributed by atoms with Gasteiger partial charge in [-0.3, -0.25) is 4.98 Å². The molecule has 0 spiro atoms. The Hall–Kier alpha value is -3.43. The summed E-state index contributed by atoms with van der Waals surface area (Å²) >= 11 is 0. The van der Waals surface area contributed by atoms with Gasteiger partial charge in [-0.15, -0.1) is 0 Å². The second kappa shape index (κ2) is 9.18. The summed E-state index contributed by atoms with van der Waals surface area (Å²) in [7, 11) is 1.17. The maximum Gasteiger partial charge on any atom is 0.420 e. The van der Waals surface area contributed by atoms with Crippen molar-refractivity contribution in [3.8, 4) is 11.6 Å². The molecule has 10 heteroatoms. The Morgan fingerprint density at radius 3 is 2.55 bits per heavy atom. The fourth-order valence-electron chi connectivity index (χ4n) is 2.35. The van der Waals surface area contributed by atoms with E-state index in [1.165, 1.54) is 13.2 Å². The molecule has 2 aromatic heterocycles. The number of nitrogens with zero attached hydrogens (tertiary/aromatic N) is 2. The van der Waals surface area contributed by atoms with Gasteiger partial charge in [-0.05, 0) is 26.0 Å². The van der Waals surface area contributed by atoms with E-state index in [-0.39, 0.29) is 18.1 Å². The maximum atomic E-state index is 13.7. The molecule has 2 heterocycles. The van der Waals surface area contributed by atoms with Crippen LogP contribution in [0.1, 0.15) is 34.1 Å². The molecular formula is C19H17F3N2O5. The number of hydrogen-bond donors (Lipinski definition) is 0. The molecule has 0 amide bonds. The lowest BCUT2D eigenvalue weighted by atomic mass is 10.1. The molecule has 0 radical (unpaired) electrons.